The fourth-order valence-corrected chi connectivity index (χ4v) is 5.42. The molecule has 1 N–H and O–H groups in total. The van der Waals surface area contributed by atoms with Gasteiger partial charge in [0.15, 0.2) is 0 Å². The van der Waals surface area contributed by atoms with Crippen LogP contribution in [0.15, 0.2) is 53.4 Å². The molecule has 1 saturated heterocycles. The van der Waals surface area contributed by atoms with Crippen LogP contribution in [0.1, 0.15) is 48.9 Å². The van der Waals surface area contributed by atoms with Crippen LogP contribution in [-0.2, 0) is 14.8 Å². The van der Waals surface area contributed by atoms with Crippen molar-refractivity contribution in [2.45, 2.75) is 51.0 Å². The van der Waals surface area contributed by atoms with Gasteiger partial charge in [-0.2, -0.15) is 4.31 Å². The van der Waals surface area contributed by atoms with Gasteiger partial charge < -0.3 is 5.32 Å². The first-order chi connectivity index (χ1) is 13.8. The zero-order valence-electron chi connectivity index (χ0n) is 17.4. The fraction of sp³-hybridized carbons (Fsp3) is 0.435. The second-order valence-corrected chi connectivity index (χ2v) is 9.78. The molecule has 6 heteroatoms. The van der Waals surface area contributed by atoms with Gasteiger partial charge in [-0.25, -0.2) is 8.42 Å². The molecule has 1 fully saturated rings. The SMILES string of the molecule is CC[C@@H](NC(=O)[C@@H]1CCCN(S(=O)(=O)c2ccc(C)cc2)C1)c1ccccc1C. The smallest absolute Gasteiger partial charge is 0.243 e. The topological polar surface area (TPSA) is 66.5 Å². The lowest BCUT2D eigenvalue weighted by molar-refractivity contribution is -0.126. The second kappa shape index (κ2) is 9.09. The standard InChI is InChI=1S/C23H30N2O3S/c1-4-22(21-10-6-5-8-18(21)3)24-23(26)19-9-7-15-25(16-19)29(27,28)20-13-11-17(2)12-14-20/h5-6,8,10-14,19,22H,4,7,9,15-16H2,1-3H3,(H,24,26)/t19-,22-/m1/s1. The highest BCUT2D eigenvalue weighted by Crippen LogP contribution is 2.26. The minimum atomic E-state index is -3.58. The van der Waals surface area contributed by atoms with Gasteiger partial charge in [0.1, 0.15) is 0 Å². The molecule has 1 aliphatic heterocycles. The molecule has 0 radical (unpaired) electrons. The Morgan fingerprint density at radius 1 is 1.14 bits per heavy atom. The maximum Gasteiger partial charge on any atom is 0.243 e. The van der Waals surface area contributed by atoms with Crippen LogP contribution >= 0.6 is 0 Å². The highest BCUT2D eigenvalue weighted by Gasteiger charge is 2.34. The maximum absolute atomic E-state index is 13.0. The maximum atomic E-state index is 13.0. The lowest BCUT2D eigenvalue weighted by Crippen LogP contribution is -2.46. The highest BCUT2D eigenvalue weighted by molar-refractivity contribution is 7.89. The van der Waals surface area contributed by atoms with Gasteiger partial charge in [-0.05, 0) is 56.4 Å². The quantitative estimate of drug-likeness (QED) is 0.778. The third-order valence-corrected chi connectivity index (χ3v) is 7.58. The number of nitrogens with one attached hydrogen (secondary N) is 1. The number of nitrogens with zero attached hydrogens (tertiary/aromatic N) is 1. The first-order valence-corrected chi connectivity index (χ1v) is 11.7. The van der Waals surface area contributed by atoms with Crippen molar-refractivity contribution in [3.63, 3.8) is 0 Å². The van der Waals surface area contributed by atoms with E-state index < -0.39 is 10.0 Å². The molecule has 0 bridgehead atoms. The molecule has 3 rings (SSSR count). The van der Waals surface area contributed by atoms with Crippen LogP contribution in [0.3, 0.4) is 0 Å². The van der Waals surface area contributed by atoms with Gasteiger partial charge in [-0.15, -0.1) is 0 Å². The Hall–Kier alpha value is -2.18. The molecule has 29 heavy (non-hydrogen) atoms. The molecular formula is C23H30N2O3S. The molecule has 1 aliphatic rings. The molecule has 0 aromatic heterocycles. The molecule has 2 aromatic rings. The minimum Gasteiger partial charge on any atom is -0.349 e. The summed E-state index contributed by atoms with van der Waals surface area (Å²) in [6.07, 6.45) is 2.18. The van der Waals surface area contributed by atoms with Gasteiger partial charge in [0.05, 0.1) is 16.9 Å². The van der Waals surface area contributed by atoms with E-state index in [9.17, 15) is 13.2 Å². The number of hydrogen-bond acceptors (Lipinski definition) is 3. The van der Waals surface area contributed by atoms with E-state index in [1.807, 2.05) is 45.0 Å². The lowest BCUT2D eigenvalue weighted by atomic mass is 9.95. The molecular weight excluding hydrogens is 384 g/mol. The zero-order valence-corrected chi connectivity index (χ0v) is 18.2. The van der Waals surface area contributed by atoms with Crippen LogP contribution in [0.2, 0.25) is 0 Å². The normalized spacial score (nSPS) is 18.9. The van der Waals surface area contributed by atoms with Crippen molar-refractivity contribution in [2.24, 2.45) is 5.92 Å². The van der Waals surface area contributed by atoms with Gasteiger partial charge in [-0.1, -0.05) is 48.9 Å². The predicted molar refractivity (Wildman–Crippen MR) is 115 cm³/mol. The molecule has 1 heterocycles. The van der Waals surface area contributed by atoms with Crippen molar-refractivity contribution >= 4 is 15.9 Å². The van der Waals surface area contributed by atoms with E-state index >= 15 is 0 Å². The van der Waals surface area contributed by atoms with E-state index in [0.29, 0.717) is 19.4 Å². The summed E-state index contributed by atoms with van der Waals surface area (Å²) in [7, 11) is -3.58. The molecule has 0 unspecified atom stereocenters. The third kappa shape index (κ3) is 4.87. The van der Waals surface area contributed by atoms with Crippen LogP contribution < -0.4 is 5.32 Å². The summed E-state index contributed by atoms with van der Waals surface area (Å²) in [5.41, 5.74) is 3.27. The van der Waals surface area contributed by atoms with Crippen molar-refractivity contribution in [1.29, 1.82) is 0 Å². The fourth-order valence-electron chi connectivity index (χ4n) is 3.90. The molecule has 5 nitrogen and oxygen atoms in total. The summed E-state index contributed by atoms with van der Waals surface area (Å²) in [6, 6.07) is 14.9. The number of sulfonamides is 1. The summed E-state index contributed by atoms with van der Waals surface area (Å²) in [5, 5.41) is 3.15. The summed E-state index contributed by atoms with van der Waals surface area (Å²) < 4.78 is 27.5. The number of amides is 1. The Labute approximate surface area is 174 Å². The van der Waals surface area contributed by atoms with Crippen molar-refractivity contribution < 1.29 is 13.2 Å². The first-order valence-electron chi connectivity index (χ1n) is 10.3. The van der Waals surface area contributed by atoms with E-state index in [0.717, 1.165) is 23.1 Å². The van der Waals surface area contributed by atoms with Gasteiger partial charge >= 0.3 is 0 Å². The summed E-state index contributed by atoms with van der Waals surface area (Å²) >= 11 is 0. The number of rotatable bonds is 6. The van der Waals surface area contributed by atoms with Gasteiger partial charge in [0.25, 0.3) is 0 Å². The van der Waals surface area contributed by atoms with E-state index in [1.54, 1.807) is 24.3 Å². The van der Waals surface area contributed by atoms with E-state index in [1.165, 1.54) is 4.31 Å². The van der Waals surface area contributed by atoms with Crippen molar-refractivity contribution in [2.75, 3.05) is 13.1 Å². The van der Waals surface area contributed by atoms with Crippen LogP contribution in [0.5, 0.6) is 0 Å². The molecule has 0 saturated carbocycles. The number of piperidine rings is 1. The average molecular weight is 415 g/mol. The number of hydrogen-bond donors (Lipinski definition) is 1. The van der Waals surface area contributed by atoms with E-state index in [-0.39, 0.29) is 29.3 Å². The Balaban J connectivity index is 1.72. The number of benzene rings is 2. The Bertz CT molecular complexity index is 954. The summed E-state index contributed by atoms with van der Waals surface area (Å²) in [6.45, 7) is 6.70. The molecule has 2 aromatic carbocycles. The van der Waals surface area contributed by atoms with Crippen LogP contribution in [-0.4, -0.2) is 31.7 Å². The Morgan fingerprint density at radius 3 is 2.48 bits per heavy atom. The molecule has 0 spiro atoms. The number of carbonyl (C=O) groups excluding carboxylic acids is 1. The van der Waals surface area contributed by atoms with Gasteiger partial charge in [0.2, 0.25) is 15.9 Å². The predicted octanol–water partition coefficient (Wildman–Crippen LogP) is 3.97. The second-order valence-electron chi connectivity index (χ2n) is 7.84. The highest BCUT2D eigenvalue weighted by atomic mass is 32.2. The number of carbonyl (C=O) groups is 1. The van der Waals surface area contributed by atoms with Gasteiger partial charge in [0, 0.05) is 13.1 Å². The van der Waals surface area contributed by atoms with E-state index in [4.69, 9.17) is 0 Å². The minimum absolute atomic E-state index is 0.0622. The molecule has 156 valence electrons. The first kappa shape index (κ1) is 21.5. The average Bonchev–Trinajstić information content (AvgIpc) is 2.73. The summed E-state index contributed by atoms with van der Waals surface area (Å²) in [4.78, 5) is 13.3. The zero-order chi connectivity index (χ0) is 21.0. The third-order valence-electron chi connectivity index (χ3n) is 5.70. The van der Waals surface area contributed by atoms with Crippen molar-refractivity contribution in [3.8, 4) is 0 Å². The van der Waals surface area contributed by atoms with Crippen LogP contribution in [0.25, 0.3) is 0 Å². The van der Waals surface area contributed by atoms with Crippen molar-refractivity contribution in [1.82, 2.24) is 9.62 Å². The summed E-state index contributed by atoms with van der Waals surface area (Å²) in [5.74, 6) is -0.397. The monoisotopic (exact) mass is 414 g/mol. The van der Waals surface area contributed by atoms with Crippen LogP contribution in [0, 0.1) is 19.8 Å². The molecule has 0 aliphatic carbocycles. The largest absolute Gasteiger partial charge is 0.349 e. The number of aryl methyl sites for hydroxylation is 2. The van der Waals surface area contributed by atoms with Crippen LogP contribution in [0.4, 0.5) is 0 Å². The van der Waals surface area contributed by atoms with E-state index in [2.05, 4.69) is 5.32 Å². The lowest BCUT2D eigenvalue weighted by Gasteiger charge is -2.32. The van der Waals surface area contributed by atoms with Gasteiger partial charge in [-0.3, -0.25) is 4.79 Å². The van der Waals surface area contributed by atoms with Crippen molar-refractivity contribution in [3.05, 3.63) is 65.2 Å². The Kier molecular flexibility index (Phi) is 6.75. The Morgan fingerprint density at radius 2 is 1.83 bits per heavy atom. The molecule has 2 atom stereocenters. The molecule has 1 amide bonds.